The third-order valence-electron chi connectivity index (χ3n) is 4.64. The van der Waals surface area contributed by atoms with Gasteiger partial charge in [-0.3, -0.25) is 9.59 Å². The maximum absolute atomic E-state index is 12.4. The molecule has 2 aromatic carbocycles. The van der Waals surface area contributed by atoms with Crippen LogP contribution in [0, 0.1) is 0 Å². The monoisotopic (exact) mass is 367 g/mol. The van der Waals surface area contributed by atoms with Gasteiger partial charge in [0.15, 0.2) is 0 Å². The van der Waals surface area contributed by atoms with E-state index in [1.807, 2.05) is 20.2 Å². The molecule has 0 radical (unpaired) electrons. The zero-order valence-electron chi connectivity index (χ0n) is 16.5. The number of hydrogen-bond acceptors (Lipinski definition) is 3. The van der Waals surface area contributed by atoms with Gasteiger partial charge in [0.25, 0.3) is 5.91 Å². The second-order valence-corrected chi connectivity index (χ2v) is 6.88. The summed E-state index contributed by atoms with van der Waals surface area (Å²) in [7, 11) is 3.98. The Hall–Kier alpha value is -2.66. The molecule has 0 saturated carbocycles. The highest BCUT2D eigenvalue weighted by molar-refractivity contribution is 5.97. The number of benzene rings is 2. The van der Waals surface area contributed by atoms with E-state index in [2.05, 4.69) is 46.7 Å². The lowest BCUT2D eigenvalue weighted by Crippen LogP contribution is -2.46. The summed E-state index contributed by atoms with van der Waals surface area (Å²) in [5.41, 5.74) is 2.98. The van der Waals surface area contributed by atoms with Crippen molar-refractivity contribution < 1.29 is 9.59 Å². The molecule has 0 aromatic heterocycles. The van der Waals surface area contributed by atoms with Gasteiger partial charge < -0.3 is 15.5 Å². The summed E-state index contributed by atoms with van der Waals surface area (Å²) in [6.07, 6.45) is 1.00. The summed E-state index contributed by atoms with van der Waals surface area (Å²) in [6.45, 7) is 4.30. The zero-order valence-corrected chi connectivity index (χ0v) is 16.5. The first-order valence-corrected chi connectivity index (χ1v) is 9.31. The summed E-state index contributed by atoms with van der Waals surface area (Å²) in [4.78, 5) is 26.7. The van der Waals surface area contributed by atoms with Crippen LogP contribution in [0.15, 0.2) is 54.6 Å². The van der Waals surface area contributed by atoms with E-state index in [1.54, 1.807) is 31.2 Å². The first-order chi connectivity index (χ1) is 12.9. The lowest BCUT2D eigenvalue weighted by atomic mass is 10.0. The summed E-state index contributed by atoms with van der Waals surface area (Å²) >= 11 is 0. The van der Waals surface area contributed by atoms with Crippen LogP contribution in [0.5, 0.6) is 0 Å². The first-order valence-electron chi connectivity index (χ1n) is 9.31. The second kappa shape index (κ2) is 9.88. The Morgan fingerprint density at radius 3 is 2.19 bits per heavy atom. The minimum absolute atomic E-state index is 0.0666. The molecule has 0 saturated heterocycles. The van der Waals surface area contributed by atoms with Crippen LogP contribution in [0.2, 0.25) is 0 Å². The molecule has 0 aliphatic carbocycles. The van der Waals surface area contributed by atoms with Crippen molar-refractivity contribution in [1.82, 2.24) is 15.5 Å². The fourth-order valence-electron chi connectivity index (χ4n) is 2.86. The summed E-state index contributed by atoms with van der Waals surface area (Å²) in [6, 6.07) is 16.8. The highest BCUT2D eigenvalue weighted by Crippen LogP contribution is 2.18. The van der Waals surface area contributed by atoms with Crippen LogP contribution >= 0.6 is 0 Å². The quantitative estimate of drug-likeness (QED) is 0.754. The van der Waals surface area contributed by atoms with Crippen LogP contribution in [0.4, 0.5) is 0 Å². The number of carbonyl (C=O) groups is 2. The van der Waals surface area contributed by atoms with Gasteiger partial charge >= 0.3 is 0 Å². The van der Waals surface area contributed by atoms with E-state index in [0.717, 1.165) is 12.0 Å². The fourth-order valence-corrected chi connectivity index (χ4v) is 2.86. The molecule has 0 aliphatic heterocycles. The number of aryl methyl sites for hydroxylation is 1. The Kier molecular flexibility index (Phi) is 7.55. The predicted molar refractivity (Wildman–Crippen MR) is 109 cm³/mol. The Morgan fingerprint density at radius 2 is 1.63 bits per heavy atom. The molecule has 2 amide bonds. The molecule has 2 N–H and O–H groups in total. The largest absolute Gasteiger partial charge is 0.352 e. The summed E-state index contributed by atoms with van der Waals surface area (Å²) in [5.74, 6) is -0.450. The molecule has 0 spiro atoms. The molecule has 2 atom stereocenters. The molecular formula is C22H29N3O2. The topological polar surface area (TPSA) is 61.4 Å². The summed E-state index contributed by atoms with van der Waals surface area (Å²) in [5, 5.41) is 5.69. The molecule has 2 rings (SSSR count). The average Bonchev–Trinajstić information content (AvgIpc) is 2.68. The van der Waals surface area contributed by atoms with Gasteiger partial charge in [-0.05, 0) is 50.7 Å². The average molecular weight is 367 g/mol. The molecular weight excluding hydrogens is 338 g/mol. The number of hydrogen-bond donors (Lipinski definition) is 2. The Balaban J connectivity index is 1.93. The number of amides is 2. The third kappa shape index (κ3) is 5.93. The molecule has 5 nitrogen and oxygen atoms in total. The lowest BCUT2D eigenvalue weighted by molar-refractivity contribution is -0.122. The molecule has 0 aliphatic rings. The van der Waals surface area contributed by atoms with Crippen molar-refractivity contribution in [2.24, 2.45) is 0 Å². The number of rotatable bonds is 8. The molecule has 2 aromatic rings. The fraction of sp³-hybridized carbons (Fsp3) is 0.364. The highest BCUT2D eigenvalue weighted by Gasteiger charge is 2.19. The van der Waals surface area contributed by atoms with E-state index in [9.17, 15) is 9.59 Å². The van der Waals surface area contributed by atoms with E-state index >= 15 is 0 Å². The van der Waals surface area contributed by atoms with Crippen LogP contribution in [0.3, 0.4) is 0 Å². The van der Waals surface area contributed by atoms with Crippen LogP contribution in [0.1, 0.15) is 41.4 Å². The van der Waals surface area contributed by atoms with Crippen LogP contribution in [-0.4, -0.2) is 43.4 Å². The molecule has 0 fully saturated rings. The number of carbonyl (C=O) groups excluding carboxylic acids is 2. The molecule has 27 heavy (non-hydrogen) atoms. The van der Waals surface area contributed by atoms with Crippen LogP contribution in [-0.2, 0) is 11.2 Å². The molecule has 5 heteroatoms. The normalized spacial score (nSPS) is 13.1. The van der Waals surface area contributed by atoms with Crippen molar-refractivity contribution in [3.63, 3.8) is 0 Å². The van der Waals surface area contributed by atoms with Crippen LogP contribution in [0.25, 0.3) is 0 Å². The van der Waals surface area contributed by atoms with Gasteiger partial charge in [-0.2, -0.15) is 0 Å². The molecule has 144 valence electrons. The van der Waals surface area contributed by atoms with E-state index < -0.39 is 6.04 Å². The minimum Gasteiger partial charge on any atom is -0.352 e. The smallest absolute Gasteiger partial charge is 0.251 e. The maximum atomic E-state index is 12.4. The Labute approximate surface area is 161 Å². The summed E-state index contributed by atoms with van der Waals surface area (Å²) < 4.78 is 0. The molecule has 0 heterocycles. The van der Waals surface area contributed by atoms with Gasteiger partial charge in [-0.15, -0.1) is 0 Å². The van der Waals surface area contributed by atoms with E-state index in [4.69, 9.17) is 0 Å². The third-order valence-corrected chi connectivity index (χ3v) is 4.64. The molecule has 2 unspecified atom stereocenters. The lowest BCUT2D eigenvalue weighted by Gasteiger charge is -2.26. The van der Waals surface area contributed by atoms with Gasteiger partial charge in [-0.1, -0.05) is 49.4 Å². The van der Waals surface area contributed by atoms with E-state index in [-0.39, 0.29) is 17.9 Å². The van der Waals surface area contributed by atoms with Gasteiger partial charge in [0.1, 0.15) is 6.04 Å². The minimum atomic E-state index is -0.608. The van der Waals surface area contributed by atoms with Gasteiger partial charge in [0.05, 0.1) is 6.04 Å². The SMILES string of the molecule is CCc1ccc(C(CNC(=O)C(C)NC(=O)c2ccccc2)N(C)C)cc1. The van der Waals surface area contributed by atoms with Crippen molar-refractivity contribution in [1.29, 1.82) is 0 Å². The number of nitrogens with zero attached hydrogens (tertiary/aromatic N) is 1. The Morgan fingerprint density at radius 1 is 1.00 bits per heavy atom. The van der Waals surface area contributed by atoms with Crippen molar-refractivity contribution in [2.45, 2.75) is 32.4 Å². The zero-order chi connectivity index (χ0) is 19.8. The second-order valence-electron chi connectivity index (χ2n) is 6.88. The van der Waals surface area contributed by atoms with Crippen molar-refractivity contribution in [3.8, 4) is 0 Å². The number of likely N-dealkylation sites (N-methyl/N-ethyl adjacent to an activating group) is 1. The first kappa shape index (κ1) is 20.6. The van der Waals surface area contributed by atoms with Gasteiger partial charge in [0, 0.05) is 12.1 Å². The van der Waals surface area contributed by atoms with E-state index in [1.165, 1.54) is 5.56 Å². The van der Waals surface area contributed by atoms with Crippen LogP contribution < -0.4 is 10.6 Å². The highest BCUT2D eigenvalue weighted by atomic mass is 16.2. The molecule has 0 bridgehead atoms. The van der Waals surface area contributed by atoms with Crippen molar-refractivity contribution in [3.05, 3.63) is 71.3 Å². The predicted octanol–water partition coefficient (Wildman–Crippen LogP) is 2.79. The van der Waals surface area contributed by atoms with Gasteiger partial charge in [0.2, 0.25) is 5.91 Å². The van der Waals surface area contributed by atoms with Crippen molar-refractivity contribution in [2.75, 3.05) is 20.6 Å². The van der Waals surface area contributed by atoms with E-state index in [0.29, 0.717) is 12.1 Å². The number of nitrogens with one attached hydrogen (secondary N) is 2. The maximum Gasteiger partial charge on any atom is 0.251 e. The van der Waals surface area contributed by atoms with Gasteiger partial charge in [-0.25, -0.2) is 0 Å². The Bertz CT molecular complexity index is 742. The standard InChI is InChI=1S/C22H29N3O2/c1-5-17-11-13-18(14-12-17)20(25(3)4)15-23-21(26)16(2)24-22(27)19-9-7-6-8-10-19/h6-14,16,20H,5,15H2,1-4H3,(H,23,26)(H,24,27). The van der Waals surface area contributed by atoms with Crippen molar-refractivity contribution >= 4 is 11.8 Å².